The lowest BCUT2D eigenvalue weighted by atomic mass is 10.1. The standard InChI is InChI=1S/C8H4FIN2O2/c9-6-3(8(13)14)1-2-4-5(6)7(10)12-11-4/h1-2H,(H,11,12)(H,13,14). The number of carbonyl (C=O) groups is 1. The van der Waals surface area contributed by atoms with Gasteiger partial charge in [0.25, 0.3) is 0 Å². The Kier molecular flexibility index (Phi) is 2.14. The normalized spacial score (nSPS) is 10.7. The van der Waals surface area contributed by atoms with Crippen molar-refractivity contribution < 1.29 is 14.3 Å². The number of carboxylic acid groups (broad SMARTS) is 1. The minimum Gasteiger partial charge on any atom is -0.478 e. The molecule has 0 atom stereocenters. The molecule has 0 bridgehead atoms. The maximum Gasteiger partial charge on any atom is 0.338 e. The third kappa shape index (κ3) is 1.26. The van der Waals surface area contributed by atoms with Gasteiger partial charge in [-0.15, -0.1) is 0 Å². The van der Waals surface area contributed by atoms with Crippen molar-refractivity contribution in [3.63, 3.8) is 0 Å². The summed E-state index contributed by atoms with van der Waals surface area (Å²) in [5, 5.41) is 15.3. The van der Waals surface area contributed by atoms with Crippen molar-refractivity contribution in [1.82, 2.24) is 10.2 Å². The van der Waals surface area contributed by atoms with Crippen LogP contribution >= 0.6 is 22.6 Å². The number of aromatic carboxylic acids is 1. The Morgan fingerprint density at radius 1 is 1.57 bits per heavy atom. The SMILES string of the molecule is O=C(O)c1ccc2n[nH]c(I)c2c1F. The first-order valence-corrected chi connectivity index (χ1v) is 4.74. The summed E-state index contributed by atoms with van der Waals surface area (Å²) >= 11 is 1.87. The topological polar surface area (TPSA) is 66.0 Å². The number of rotatable bonds is 1. The number of nitrogens with one attached hydrogen (secondary N) is 1. The fraction of sp³-hybridized carbons (Fsp3) is 0. The van der Waals surface area contributed by atoms with Crippen molar-refractivity contribution in [2.24, 2.45) is 0 Å². The van der Waals surface area contributed by atoms with Crippen LogP contribution in [0.4, 0.5) is 4.39 Å². The third-order valence-electron chi connectivity index (χ3n) is 1.84. The monoisotopic (exact) mass is 306 g/mol. The van der Waals surface area contributed by atoms with Crippen LogP contribution in [0.25, 0.3) is 10.9 Å². The Morgan fingerprint density at radius 3 is 2.93 bits per heavy atom. The number of hydrogen-bond donors (Lipinski definition) is 2. The molecule has 1 heterocycles. The first kappa shape index (κ1) is 9.38. The molecule has 0 saturated heterocycles. The molecule has 2 aromatic rings. The van der Waals surface area contributed by atoms with Crippen molar-refractivity contribution in [1.29, 1.82) is 0 Å². The predicted molar refractivity (Wildman–Crippen MR) is 55.7 cm³/mol. The molecule has 0 fully saturated rings. The number of nitrogens with zero attached hydrogens (tertiary/aromatic N) is 1. The van der Waals surface area contributed by atoms with E-state index in [9.17, 15) is 9.18 Å². The lowest BCUT2D eigenvalue weighted by Crippen LogP contribution is -2.00. The lowest BCUT2D eigenvalue weighted by molar-refractivity contribution is 0.0692. The fourth-order valence-electron chi connectivity index (χ4n) is 1.20. The zero-order valence-corrected chi connectivity index (χ0v) is 8.87. The molecule has 4 nitrogen and oxygen atoms in total. The lowest BCUT2D eigenvalue weighted by Gasteiger charge is -1.97. The largest absolute Gasteiger partial charge is 0.478 e. The molecule has 6 heteroatoms. The van der Waals surface area contributed by atoms with Crippen LogP contribution in [0.15, 0.2) is 12.1 Å². The quantitative estimate of drug-likeness (QED) is 0.792. The Hall–Kier alpha value is -1.18. The average molecular weight is 306 g/mol. The highest BCUT2D eigenvalue weighted by molar-refractivity contribution is 14.1. The summed E-state index contributed by atoms with van der Waals surface area (Å²) in [7, 11) is 0. The average Bonchev–Trinajstić information content (AvgIpc) is 2.48. The van der Waals surface area contributed by atoms with Gasteiger partial charge in [0.1, 0.15) is 9.52 Å². The number of aromatic amines is 1. The van der Waals surface area contributed by atoms with E-state index in [4.69, 9.17) is 5.11 Å². The van der Waals surface area contributed by atoms with E-state index in [1.807, 2.05) is 22.6 Å². The number of carboxylic acids is 1. The zero-order valence-electron chi connectivity index (χ0n) is 6.71. The molecule has 0 saturated carbocycles. The molecule has 2 rings (SSSR count). The van der Waals surface area contributed by atoms with Crippen molar-refractivity contribution in [3.8, 4) is 0 Å². The van der Waals surface area contributed by atoms with E-state index >= 15 is 0 Å². The van der Waals surface area contributed by atoms with Crippen molar-refractivity contribution in [2.75, 3.05) is 0 Å². The number of aromatic nitrogens is 2. The molecule has 0 aliphatic rings. The number of fused-ring (bicyclic) bond motifs is 1. The molecule has 0 radical (unpaired) electrons. The molecular weight excluding hydrogens is 302 g/mol. The Labute approximate surface area is 91.3 Å². The summed E-state index contributed by atoms with van der Waals surface area (Å²) in [6.07, 6.45) is 0. The van der Waals surface area contributed by atoms with Gasteiger partial charge in [-0.3, -0.25) is 5.10 Å². The Morgan fingerprint density at radius 2 is 2.29 bits per heavy atom. The molecule has 0 unspecified atom stereocenters. The van der Waals surface area contributed by atoms with Gasteiger partial charge >= 0.3 is 5.97 Å². The maximum absolute atomic E-state index is 13.6. The summed E-state index contributed by atoms with van der Waals surface area (Å²) in [4.78, 5) is 10.6. The molecule has 0 amide bonds. The summed E-state index contributed by atoms with van der Waals surface area (Å²) in [6, 6.07) is 2.68. The van der Waals surface area contributed by atoms with Crippen LogP contribution < -0.4 is 0 Å². The van der Waals surface area contributed by atoms with E-state index < -0.39 is 11.8 Å². The van der Waals surface area contributed by atoms with Gasteiger partial charge in [-0.2, -0.15) is 5.10 Å². The third-order valence-corrected chi connectivity index (χ3v) is 2.62. The van der Waals surface area contributed by atoms with Gasteiger partial charge in [-0.25, -0.2) is 9.18 Å². The summed E-state index contributed by atoms with van der Waals surface area (Å²) in [5.41, 5.74) is 0.0914. The second kappa shape index (κ2) is 3.19. The molecule has 0 spiro atoms. The zero-order chi connectivity index (χ0) is 10.3. The molecule has 0 aliphatic heterocycles. The van der Waals surface area contributed by atoms with Crippen LogP contribution in [0.1, 0.15) is 10.4 Å². The summed E-state index contributed by atoms with van der Waals surface area (Å²) in [5.74, 6) is -2.02. The van der Waals surface area contributed by atoms with Crippen LogP contribution in [0.5, 0.6) is 0 Å². The van der Waals surface area contributed by atoms with Crippen LogP contribution in [-0.4, -0.2) is 21.3 Å². The number of hydrogen-bond acceptors (Lipinski definition) is 2. The van der Waals surface area contributed by atoms with Gasteiger partial charge in [0.15, 0.2) is 0 Å². The van der Waals surface area contributed by atoms with Crippen molar-refractivity contribution >= 4 is 39.5 Å². The van der Waals surface area contributed by atoms with Crippen molar-refractivity contribution in [3.05, 3.63) is 27.2 Å². The van der Waals surface area contributed by atoms with Gasteiger partial charge in [0.05, 0.1) is 16.5 Å². The highest BCUT2D eigenvalue weighted by Crippen LogP contribution is 2.23. The minimum absolute atomic E-state index is 0.227. The fourth-order valence-corrected chi connectivity index (χ4v) is 1.83. The molecular formula is C8H4FIN2O2. The second-order valence-corrected chi connectivity index (χ2v) is 3.74. The van der Waals surface area contributed by atoms with Crippen LogP contribution in [0, 0.1) is 9.52 Å². The first-order chi connectivity index (χ1) is 6.61. The van der Waals surface area contributed by atoms with Gasteiger partial charge in [-0.05, 0) is 34.7 Å². The molecule has 0 aliphatic carbocycles. The molecule has 14 heavy (non-hydrogen) atoms. The van der Waals surface area contributed by atoms with Gasteiger partial charge in [-0.1, -0.05) is 0 Å². The second-order valence-electron chi connectivity index (χ2n) is 2.66. The smallest absolute Gasteiger partial charge is 0.338 e. The first-order valence-electron chi connectivity index (χ1n) is 3.66. The van der Waals surface area contributed by atoms with E-state index in [1.54, 1.807) is 0 Å². The van der Waals surface area contributed by atoms with Crippen LogP contribution in [-0.2, 0) is 0 Å². The van der Waals surface area contributed by atoms with E-state index in [2.05, 4.69) is 10.2 Å². The highest BCUT2D eigenvalue weighted by Gasteiger charge is 2.16. The summed E-state index contributed by atoms with van der Waals surface area (Å²) < 4.78 is 14.1. The number of benzene rings is 1. The van der Waals surface area contributed by atoms with Crippen LogP contribution in [0.3, 0.4) is 0 Å². The Bertz CT molecular complexity index is 523. The van der Waals surface area contributed by atoms with E-state index in [0.717, 1.165) is 0 Å². The molecule has 1 aromatic heterocycles. The van der Waals surface area contributed by atoms with E-state index in [0.29, 0.717) is 9.22 Å². The molecule has 1 aromatic carbocycles. The molecule has 72 valence electrons. The number of H-pyrrole nitrogens is 1. The van der Waals surface area contributed by atoms with Gasteiger partial charge in [0.2, 0.25) is 0 Å². The Balaban J connectivity index is 2.86. The maximum atomic E-state index is 13.6. The van der Waals surface area contributed by atoms with Crippen molar-refractivity contribution in [2.45, 2.75) is 0 Å². The van der Waals surface area contributed by atoms with Crippen LogP contribution in [0.2, 0.25) is 0 Å². The molecule has 2 N–H and O–H groups in total. The van der Waals surface area contributed by atoms with Gasteiger partial charge < -0.3 is 5.11 Å². The van der Waals surface area contributed by atoms with E-state index in [1.165, 1.54) is 12.1 Å². The minimum atomic E-state index is -1.28. The highest BCUT2D eigenvalue weighted by atomic mass is 127. The van der Waals surface area contributed by atoms with E-state index in [-0.39, 0.29) is 10.9 Å². The van der Waals surface area contributed by atoms with Gasteiger partial charge in [0, 0.05) is 0 Å². The summed E-state index contributed by atoms with van der Waals surface area (Å²) in [6.45, 7) is 0. The predicted octanol–water partition coefficient (Wildman–Crippen LogP) is 2.00. The number of halogens is 2.